The molecule has 1 fully saturated rings. The van der Waals surface area contributed by atoms with Gasteiger partial charge in [0.1, 0.15) is 5.92 Å². The lowest BCUT2D eigenvalue weighted by Crippen LogP contribution is -2.13. The van der Waals surface area contributed by atoms with Gasteiger partial charge >= 0.3 is 5.97 Å². The molecule has 0 aliphatic heterocycles. The summed E-state index contributed by atoms with van der Waals surface area (Å²) in [6, 6.07) is 1.03. The molecule has 0 amide bonds. The van der Waals surface area contributed by atoms with Crippen LogP contribution in [-0.2, 0) is 16.1 Å². The van der Waals surface area contributed by atoms with E-state index in [1.54, 1.807) is 0 Å². The van der Waals surface area contributed by atoms with Crippen molar-refractivity contribution < 1.29 is 19.0 Å². The van der Waals surface area contributed by atoms with E-state index in [1.165, 1.54) is 11.3 Å². The highest BCUT2D eigenvalue weighted by Gasteiger charge is 2.54. The van der Waals surface area contributed by atoms with Crippen LogP contribution >= 0.6 is 11.3 Å². The highest BCUT2D eigenvalue weighted by atomic mass is 32.1. The number of ether oxygens (including phenoxy) is 1. The number of nitrogens with zero attached hydrogens (tertiary/aromatic N) is 3. The third-order valence-corrected chi connectivity index (χ3v) is 3.60. The van der Waals surface area contributed by atoms with Crippen molar-refractivity contribution in [3.8, 4) is 11.4 Å². The standard InChI is InChI=1S/C11H9N3O5S/c15-11(7-3-8(7)14(16)17)18-4-9-12-10(13-19-9)6-1-2-20-5-6/h1-2,5,7-8H,3-4H2. The summed E-state index contributed by atoms with van der Waals surface area (Å²) in [6.07, 6.45) is 0.232. The molecule has 9 heteroatoms. The van der Waals surface area contributed by atoms with E-state index in [9.17, 15) is 14.9 Å². The lowest BCUT2D eigenvalue weighted by atomic mass is 10.3. The predicted molar refractivity (Wildman–Crippen MR) is 66.3 cm³/mol. The molecule has 3 rings (SSSR count). The summed E-state index contributed by atoms with van der Waals surface area (Å²) in [5.41, 5.74) is 0.826. The molecule has 0 N–H and O–H groups in total. The van der Waals surface area contributed by atoms with Gasteiger partial charge in [0, 0.05) is 22.3 Å². The Balaban J connectivity index is 1.54. The number of thiophene rings is 1. The van der Waals surface area contributed by atoms with Gasteiger partial charge in [0.2, 0.25) is 11.9 Å². The lowest BCUT2D eigenvalue weighted by molar-refractivity contribution is -0.497. The maximum Gasteiger partial charge on any atom is 0.316 e. The molecule has 0 bridgehead atoms. The molecule has 2 aromatic rings. The van der Waals surface area contributed by atoms with E-state index in [4.69, 9.17) is 9.26 Å². The second-order valence-corrected chi connectivity index (χ2v) is 5.11. The largest absolute Gasteiger partial charge is 0.455 e. The van der Waals surface area contributed by atoms with Gasteiger partial charge in [-0.1, -0.05) is 5.16 Å². The van der Waals surface area contributed by atoms with Gasteiger partial charge in [-0.3, -0.25) is 14.9 Å². The van der Waals surface area contributed by atoms with Crippen LogP contribution < -0.4 is 0 Å². The molecule has 2 heterocycles. The zero-order chi connectivity index (χ0) is 14.1. The molecule has 2 aromatic heterocycles. The predicted octanol–water partition coefficient (Wildman–Crippen LogP) is 1.51. The van der Waals surface area contributed by atoms with E-state index >= 15 is 0 Å². The first kappa shape index (κ1) is 12.7. The molecule has 2 unspecified atom stereocenters. The molecule has 0 spiro atoms. The summed E-state index contributed by atoms with van der Waals surface area (Å²) in [5.74, 6) is -0.656. The molecule has 0 radical (unpaired) electrons. The average molecular weight is 295 g/mol. The fourth-order valence-electron chi connectivity index (χ4n) is 1.73. The highest BCUT2D eigenvalue weighted by Crippen LogP contribution is 2.34. The second kappa shape index (κ2) is 5.00. The van der Waals surface area contributed by atoms with Crippen molar-refractivity contribution in [1.82, 2.24) is 10.1 Å². The quantitative estimate of drug-likeness (QED) is 0.467. The van der Waals surface area contributed by atoms with Crippen molar-refractivity contribution in [2.24, 2.45) is 5.92 Å². The van der Waals surface area contributed by atoms with Gasteiger partial charge in [0.15, 0.2) is 6.61 Å². The van der Waals surface area contributed by atoms with E-state index in [0.29, 0.717) is 5.82 Å². The SMILES string of the molecule is O=C(OCc1nc(-c2ccsc2)no1)C1CC1[N+](=O)[O-]. The monoisotopic (exact) mass is 295 g/mol. The van der Waals surface area contributed by atoms with Crippen molar-refractivity contribution >= 4 is 17.3 Å². The summed E-state index contributed by atoms with van der Waals surface area (Å²) in [5, 5.41) is 18.0. The van der Waals surface area contributed by atoms with Crippen molar-refractivity contribution in [2.75, 3.05) is 0 Å². The van der Waals surface area contributed by atoms with Crippen LogP contribution in [0.25, 0.3) is 11.4 Å². The first-order valence-corrected chi connectivity index (χ1v) is 6.74. The molecular formula is C11H9N3O5S. The Bertz CT molecular complexity index is 638. The number of nitro groups is 1. The van der Waals surface area contributed by atoms with Crippen LogP contribution in [0.4, 0.5) is 0 Å². The first-order valence-electron chi connectivity index (χ1n) is 5.80. The molecule has 2 atom stereocenters. The minimum atomic E-state index is -0.813. The Morgan fingerprint density at radius 2 is 2.50 bits per heavy atom. The first-order chi connectivity index (χ1) is 9.65. The van der Waals surface area contributed by atoms with Gasteiger partial charge in [0.05, 0.1) is 0 Å². The van der Waals surface area contributed by atoms with Crippen molar-refractivity contribution in [3.63, 3.8) is 0 Å². The Hall–Kier alpha value is -2.29. The van der Waals surface area contributed by atoms with Crippen LogP contribution in [0.15, 0.2) is 21.3 Å². The summed E-state index contributed by atoms with van der Waals surface area (Å²) >= 11 is 1.51. The van der Waals surface area contributed by atoms with Crippen molar-refractivity contribution in [3.05, 3.63) is 32.8 Å². The van der Waals surface area contributed by atoms with Crippen LogP contribution in [-0.4, -0.2) is 27.1 Å². The van der Waals surface area contributed by atoms with E-state index in [2.05, 4.69) is 10.1 Å². The van der Waals surface area contributed by atoms with Gasteiger partial charge in [-0.25, -0.2) is 0 Å². The summed E-state index contributed by atoms with van der Waals surface area (Å²) in [6.45, 7) is -0.170. The van der Waals surface area contributed by atoms with Gasteiger partial charge in [-0.05, 0) is 11.4 Å². The third kappa shape index (κ3) is 2.52. The van der Waals surface area contributed by atoms with Crippen LogP contribution in [0.2, 0.25) is 0 Å². The zero-order valence-electron chi connectivity index (χ0n) is 10.1. The topological polar surface area (TPSA) is 108 Å². The van der Waals surface area contributed by atoms with Gasteiger partial charge in [-0.15, -0.1) is 0 Å². The smallest absolute Gasteiger partial charge is 0.316 e. The highest BCUT2D eigenvalue weighted by molar-refractivity contribution is 7.08. The number of hydrogen-bond donors (Lipinski definition) is 0. The summed E-state index contributed by atoms with van der Waals surface area (Å²) in [7, 11) is 0. The van der Waals surface area contributed by atoms with Crippen LogP contribution in [0.1, 0.15) is 12.3 Å². The minimum absolute atomic E-state index is 0.165. The lowest BCUT2D eigenvalue weighted by Gasteiger charge is -1.98. The molecule has 0 saturated heterocycles. The Morgan fingerprint density at radius 1 is 1.65 bits per heavy atom. The minimum Gasteiger partial charge on any atom is -0.455 e. The molecule has 104 valence electrons. The molecule has 1 aliphatic rings. The fourth-order valence-corrected chi connectivity index (χ4v) is 2.36. The molecular weight excluding hydrogens is 286 g/mol. The maximum atomic E-state index is 11.5. The fraction of sp³-hybridized carbons (Fsp3) is 0.364. The average Bonchev–Trinajstić information content (AvgIpc) is 2.86. The van der Waals surface area contributed by atoms with E-state index in [1.807, 2.05) is 16.8 Å². The number of rotatable bonds is 5. The summed E-state index contributed by atoms with van der Waals surface area (Å²) < 4.78 is 9.87. The second-order valence-electron chi connectivity index (χ2n) is 4.33. The number of carbonyl (C=O) groups is 1. The van der Waals surface area contributed by atoms with E-state index in [-0.39, 0.29) is 18.9 Å². The van der Waals surface area contributed by atoms with E-state index in [0.717, 1.165) is 5.56 Å². The zero-order valence-corrected chi connectivity index (χ0v) is 10.9. The number of aromatic nitrogens is 2. The van der Waals surface area contributed by atoms with Gasteiger partial charge in [0.25, 0.3) is 5.89 Å². The summed E-state index contributed by atoms with van der Waals surface area (Å²) in [4.78, 5) is 25.6. The van der Waals surface area contributed by atoms with Crippen molar-refractivity contribution in [2.45, 2.75) is 19.1 Å². The van der Waals surface area contributed by atoms with Crippen LogP contribution in [0, 0.1) is 16.0 Å². The van der Waals surface area contributed by atoms with E-state index < -0.39 is 22.9 Å². The number of hydrogen-bond acceptors (Lipinski definition) is 8. The molecule has 8 nitrogen and oxygen atoms in total. The number of carbonyl (C=O) groups excluding carboxylic acids is 1. The molecule has 1 aliphatic carbocycles. The Kier molecular flexibility index (Phi) is 3.18. The van der Waals surface area contributed by atoms with Crippen LogP contribution in [0.3, 0.4) is 0 Å². The van der Waals surface area contributed by atoms with Gasteiger partial charge < -0.3 is 9.26 Å². The maximum absolute atomic E-state index is 11.5. The normalized spacial score (nSPS) is 20.6. The molecule has 20 heavy (non-hydrogen) atoms. The number of esters is 1. The Morgan fingerprint density at radius 3 is 3.15 bits per heavy atom. The molecule has 1 saturated carbocycles. The Labute approximate surface area is 116 Å². The third-order valence-electron chi connectivity index (χ3n) is 2.92. The van der Waals surface area contributed by atoms with Crippen LogP contribution in [0.5, 0.6) is 0 Å². The van der Waals surface area contributed by atoms with Gasteiger partial charge in [-0.2, -0.15) is 16.3 Å². The molecule has 0 aromatic carbocycles. The van der Waals surface area contributed by atoms with Crippen molar-refractivity contribution in [1.29, 1.82) is 0 Å².